The van der Waals surface area contributed by atoms with E-state index in [2.05, 4.69) is 0 Å². The lowest BCUT2D eigenvalue weighted by Gasteiger charge is -2.04. The lowest BCUT2D eigenvalue weighted by Crippen LogP contribution is -2.09. The summed E-state index contributed by atoms with van der Waals surface area (Å²) >= 11 is 0. The first-order chi connectivity index (χ1) is 7.72. The summed E-state index contributed by atoms with van der Waals surface area (Å²) in [5, 5.41) is 8.55. The Morgan fingerprint density at radius 3 is 2.56 bits per heavy atom. The molecule has 0 unspecified atom stereocenters. The van der Waals surface area contributed by atoms with Crippen molar-refractivity contribution >= 4 is 5.97 Å². The number of ether oxygens (including phenoxy) is 1. The normalized spacial score (nSPS) is 10.1. The maximum Gasteiger partial charge on any atom is 0.310 e. The monoisotopic (exact) mass is 222 g/mol. The number of aliphatic hydroxyl groups excluding tert-OH is 1. The molecule has 0 amide bonds. The Morgan fingerprint density at radius 2 is 1.94 bits per heavy atom. The van der Waals surface area contributed by atoms with Crippen LogP contribution >= 0.6 is 0 Å². The second-order valence-corrected chi connectivity index (χ2v) is 3.81. The SMILES string of the molecule is Cc1ccc(CC(=O)OCCCCO)cc1. The molecule has 0 aliphatic carbocycles. The third kappa shape index (κ3) is 4.94. The molecule has 1 aromatic carbocycles. The van der Waals surface area contributed by atoms with Gasteiger partial charge in [0.25, 0.3) is 0 Å². The lowest BCUT2D eigenvalue weighted by molar-refractivity contribution is -0.143. The molecule has 0 aliphatic rings. The van der Waals surface area contributed by atoms with Gasteiger partial charge in [-0.15, -0.1) is 0 Å². The highest BCUT2D eigenvalue weighted by molar-refractivity contribution is 5.72. The van der Waals surface area contributed by atoms with Crippen LogP contribution < -0.4 is 0 Å². The minimum atomic E-state index is -0.207. The average Bonchev–Trinajstić information content (AvgIpc) is 2.28. The van der Waals surface area contributed by atoms with Gasteiger partial charge in [0, 0.05) is 6.61 Å². The van der Waals surface area contributed by atoms with E-state index >= 15 is 0 Å². The van der Waals surface area contributed by atoms with E-state index in [9.17, 15) is 4.79 Å². The summed E-state index contributed by atoms with van der Waals surface area (Å²) in [6, 6.07) is 7.83. The van der Waals surface area contributed by atoms with Crippen LogP contribution in [0.3, 0.4) is 0 Å². The van der Waals surface area contributed by atoms with Crippen LogP contribution in [0, 0.1) is 6.92 Å². The van der Waals surface area contributed by atoms with Crippen molar-refractivity contribution in [2.24, 2.45) is 0 Å². The van der Waals surface area contributed by atoms with E-state index in [1.54, 1.807) is 0 Å². The summed E-state index contributed by atoms with van der Waals surface area (Å²) in [6.45, 7) is 2.55. The van der Waals surface area contributed by atoms with E-state index in [0.717, 1.165) is 12.0 Å². The molecule has 1 aromatic rings. The number of unbranched alkanes of at least 4 members (excludes halogenated alkanes) is 1. The summed E-state index contributed by atoms with van der Waals surface area (Å²) < 4.78 is 5.03. The van der Waals surface area contributed by atoms with Crippen molar-refractivity contribution < 1.29 is 14.6 Å². The fraction of sp³-hybridized carbons (Fsp3) is 0.462. The maximum atomic E-state index is 11.4. The highest BCUT2D eigenvalue weighted by Gasteiger charge is 2.03. The third-order valence-electron chi connectivity index (χ3n) is 2.28. The van der Waals surface area contributed by atoms with E-state index in [0.29, 0.717) is 19.4 Å². The third-order valence-corrected chi connectivity index (χ3v) is 2.28. The molecule has 0 saturated carbocycles. The molecule has 0 radical (unpaired) electrons. The van der Waals surface area contributed by atoms with Gasteiger partial charge in [-0.1, -0.05) is 29.8 Å². The zero-order valence-electron chi connectivity index (χ0n) is 9.61. The first-order valence-corrected chi connectivity index (χ1v) is 5.54. The molecule has 0 aliphatic heterocycles. The van der Waals surface area contributed by atoms with E-state index in [1.165, 1.54) is 5.56 Å². The Kier molecular flexibility index (Phi) is 5.57. The van der Waals surface area contributed by atoms with E-state index < -0.39 is 0 Å². The molecule has 0 heterocycles. The van der Waals surface area contributed by atoms with Gasteiger partial charge < -0.3 is 9.84 Å². The lowest BCUT2D eigenvalue weighted by atomic mass is 10.1. The fourth-order valence-corrected chi connectivity index (χ4v) is 1.32. The predicted molar refractivity (Wildman–Crippen MR) is 62.2 cm³/mol. The van der Waals surface area contributed by atoms with Crippen molar-refractivity contribution in [2.75, 3.05) is 13.2 Å². The van der Waals surface area contributed by atoms with E-state index in [1.807, 2.05) is 31.2 Å². The van der Waals surface area contributed by atoms with Gasteiger partial charge >= 0.3 is 5.97 Å². The van der Waals surface area contributed by atoms with Crippen LogP contribution in [0.15, 0.2) is 24.3 Å². The Morgan fingerprint density at radius 1 is 1.25 bits per heavy atom. The largest absolute Gasteiger partial charge is 0.465 e. The molecular weight excluding hydrogens is 204 g/mol. The quantitative estimate of drug-likeness (QED) is 0.590. The molecule has 88 valence electrons. The van der Waals surface area contributed by atoms with Crippen molar-refractivity contribution in [1.82, 2.24) is 0 Å². The number of aryl methyl sites for hydroxylation is 1. The first kappa shape index (κ1) is 12.7. The Bertz CT molecular complexity index is 316. The van der Waals surface area contributed by atoms with Gasteiger partial charge in [0.15, 0.2) is 0 Å². The van der Waals surface area contributed by atoms with Crippen LogP contribution in [-0.4, -0.2) is 24.3 Å². The molecule has 3 heteroatoms. The number of carbonyl (C=O) groups excluding carboxylic acids is 1. The van der Waals surface area contributed by atoms with Crippen LogP contribution in [0.1, 0.15) is 24.0 Å². The number of carbonyl (C=O) groups is 1. The number of esters is 1. The standard InChI is InChI=1S/C13H18O3/c1-11-4-6-12(7-5-11)10-13(15)16-9-3-2-8-14/h4-7,14H,2-3,8-10H2,1H3. The molecule has 0 fully saturated rings. The second kappa shape index (κ2) is 7.01. The van der Waals surface area contributed by atoms with Crippen LogP contribution in [0.2, 0.25) is 0 Å². The maximum absolute atomic E-state index is 11.4. The van der Waals surface area contributed by atoms with Gasteiger partial charge in [0.2, 0.25) is 0 Å². The Hall–Kier alpha value is -1.35. The van der Waals surface area contributed by atoms with E-state index in [-0.39, 0.29) is 12.6 Å². The molecule has 0 spiro atoms. The Balaban J connectivity index is 2.26. The topological polar surface area (TPSA) is 46.5 Å². The summed E-state index contributed by atoms with van der Waals surface area (Å²) in [4.78, 5) is 11.4. The second-order valence-electron chi connectivity index (χ2n) is 3.81. The molecule has 1 N–H and O–H groups in total. The average molecular weight is 222 g/mol. The highest BCUT2D eigenvalue weighted by atomic mass is 16.5. The van der Waals surface area contributed by atoms with Gasteiger partial charge in [-0.05, 0) is 25.3 Å². The zero-order chi connectivity index (χ0) is 11.8. The van der Waals surface area contributed by atoms with Crippen molar-refractivity contribution in [3.05, 3.63) is 35.4 Å². The van der Waals surface area contributed by atoms with Crippen LogP contribution in [0.5, 0.6) is 0 Å². The smallest absolute Gasteiger partial charge is 0.310 e. The molecule has 0 bridgehead atoms. The Labute approximate surface area is 96.1 Å². The minimum absolute atomic E-state index is 0.148. The van der Waals surface area contributed by atoms with Gasteiger partial charge in [-0.2, -0.15) is 0 Å². The summed E-state index contributed by atoms with van der Waals surface area (Å²) in [6.07, 6.45) is 1.72. The summed E-state index contributed by atoms with van der Waals surface area (Å²) in [7, 11) is 0. The molecule has 3 nitrogen and oxygen atoms in total. The number of benzene rings is 1. The fourth-order valence-electron chi connectivity index (χ4n) is 1.32. The molecule has 16 heavy (non-hydrogen) atoms. The van der Waals surface area contributed by atoms with Crippen LogP contribution in [0.25, 0.3) is 0 Å². The number of hydrogen-bond acceptors (Lipinski definition) is 3. The van der Waals surface area contributed by atoms with Gasteiger partial charge in [0.1, 0.15) is 0 Å². The first-order valence-electron chi connectivity index (χ1n) is 5.54. The molecule has 0 saturated heterocycles. The van der Waals surface area contributed by atoms with Crippen molar-refractivity contribution in [1.29, 1.82) is 0 Å². The van der Waals surface area contributed by atoms with Crippen LogP contribution in [0.4, 0.5) is 0 Å². The minimum Gasteiger partial charge on any atom is -0.465 e. The molecule has 0 aromatic heterocycles. The number of hydrogen-bond donors (Lipinski definition) is 1. The number of rotatable bonds is 6. The number of aliphatic hydroxyl groups is 1. The van der Waals surface area contributed by atoms with Crippen molar-refractivity contribution in [2.45, 2.75) is 26.2 Å². The van der Waals surface area contributed by atoms with Crippen LogP contribution in [-0.2, 0) is 16.0 Å². The zero-order valence-corrected chi connectivity index (χ0v) is 9.61. The van der Waals surface area contributed by atoms with Gasteiger partial charge in [-0.3, -0.25) is 4.79 Å². The molecule has 0 atom stereocenters. The molecule has 1 rings (SSSR count). The van der Waals surface area contributed by atoms with Gasteiger partial charge in [-0.25, -0.2) is 0 Å². The highest BCUT2D eigenvalue weighted by Crippen LogP contribution is 2.04. The van der Waals surface area contributed by atoms with Gasteiger partial charge in [0.05, 0.1) is 13.0 Å². The summed E-state index contributed by atoms with van der Waals surface area (Å²) in [5.41, 5.74) is 2.15. The van der Waals surface area contributed by atoms with Crippen molar-refractivity contribution in [3.8, 4) is 0 Å². The predicted octanol–water partition coefficient (Wildman–Crippen LogP) is 1.85. The van der Waals surface area contributed by atoms with E-state index in [4.69, 9.17) is 9.84 Å². The molecular formula is C13H18O3. The van der Waals surface area contributed by atoms with Crippen molar-refractivity contribution in [3.63, 3.8) is 0 Å². The summed E-state index contributed by atoms with van der Waals surface area (Å²) in [5.74, 6) is -0.207.